The third-order valence-electron chi connectivity index (χ3n) is 6.16. The van der Waals surface area contributed by atoms with Crippen LogP contribution < -0.4 is 20.9 Å². The zero-order chi connectivity index (χ0) is 24.0. The Hall–Kier alpha value is -4.39. The van der Waals surface area contributed by atoms with Crippen LogP contribution >= 0.6 is 0 Å². The number of nitrogens with zero attached hydrogens (tertiary/aromatic N) is 2. The second-order valence-electron chi connectivity index (χ2n) is 8.58. The summed E-state index contributed by atoms with van der Waals surface area (Å²) < 4.78 is 0. The highest BCUT2D eigenvalue weighted by Crippen LogP contribution is 2.28. The highest BCUT2D eigenvalue weighted by atomic mass is 16.2. The Labute approximate surface area is 204 Å². The highest BCUT2D eigenvalue weighted by Gasteiger charge is 2.20. The molecular weight excluding hydrogens is 438 g/mol. The molecule has 0 radical (unpaired) electrons. The molecule has 1 aromatic heterocycles. The maximum atomic E-state index is 13.2. The second-order valence-corrected chi connectivity index (χ2v) is 8.58. The average Bonchev–Trinajstić information content (AvgIpc) is 3.43. The minimum Gasteiger partial charge on any atom is -0.371 e. The molecule has 35 heavy (non-hydrogen) atoms. The van der Waals surface area contributed by atoms with E-state index in [1.54, 1.807) is 18.5 Å². The SMILES string of the molecule is O=C(Nc1ccc(N2CCCC2)c(C(=O)NCc2cccnc2)c1)Nc1cccc2ccccc12. The molecule has 3 aromatic carbocycles. The number of urea groups is 1. The largest absolute Gasteiger partial charge is 0.371 e. The third-order valence-corrected chi connectivity index (χ3v) is 6.16. The predicted octanol–water partition coefficient (Wildman–Crippen LogP) is 5.41. The van der Waals surface area contributed by atoms with Gasteiger partial charge in [0, 0.05) is 48.8 Å². The topological polar surface area (TPSA) is 86.4 Å². The molecule has 176 valence electrons. The van der Waals surface area contributed by atoms with Gasteiger partial charge in [-0.2, -0.15) is 0 Å². The lowest BCUT2D eigenvalue weighted by Gasteiger charge is -2.22. The predicted molar refractivity (Wildman–Crippen MR) is 140 cm³/mol. The van der Waals surface area contributed by atoms with Crippen molar-refractivity contribution in [3.8, 4) is 0 Å². The van der Waals surface area contributed by atoms with Gasteiger partial charge in [-0.15, -0.1) is 0 Å². The maximum Gasteiger partial charge on any atom is 0.323 e. The van der Waals surface area contributed by atoms with E-state index < -0.39 is 0 Å². The van der Waals surface area contributed by atoms with Gasteiger partial charge >= 0.3 is 6.03 Å². The van der Waals surface area contributed by atoms with Crippen LogP contribution in [-0.4, -0.2) is 30.0 Å². The van der Waals surface area contributed by atoms with Gasteiger partial charge in [0.05, 0.1) is 11.3 Å². The zero-order valence-corrected chi connectivity index (χ0v) is 19.3. The first kappa shape index (κ1) is 22.4. The van der Waals surface area contributed by atoms with Crippen LogP contribution in [0.2, 0.25) is 0 Å². The first-order valence-electron chi connectivity index (χ1n) is 11.8. The molecule has 0 atom stereocenters. The summed E-state index contributed by atoms with van der Waals surface area (Å²) in [7, 11) is 0. The Morgan fingerprint density at radius 3 is 2.54 bits per heavy atom. The quantitative estimate of drug-likeness (QED) is 0.355. The lowest BCUT2D eigenvalue weighted by Crippen LogP contribution is -2.27. The lowest BCUT2D eigenvalue weighted by molar-refractivity contribution is 0.0951. The molecule has 7 heteroatoms. The molecule has 0 aliphatic carbocycles. The number of benzene rings is 3. The van der Waals surface area contributed by atoms with Gasteiger partial charge in [-0.3, -0.25) is 9.78 Å². The normalized spacial score (nSPS) is 13.0. The molecule has 3 amide bonds. The number of carbonyl (C=O) groups is 2. The van der Waals surface area contributed by atoms with Crippen LogP contribution in [0.25, 0.3) is 10.8 Å². The van der Waals surface area contributed by atoms with E-state index in [9.17, 15) is 9.59 Å². The van der Waals surface area contributed by atoms with Crippen molar-refractivity contribution in [2.75, 3.05) is 28.6 Å². The number of pyridine rings is 1. The molecule has 5 rings (SSSR count). The molecule has 3 N–H and O–H groups in total. The third kappa shape index (κ3) is 5.24. The van der Waals surface area contributed by atoms with Gasteiger partial charge in [-0.1, -0.05) is 42.5 Å². The summed E-state index contributed by atoms with van der Waals surface area (Å²) in [4.78, 5) is 32.3. The molecule has 0 unspecified atom stereocenters. The van der Waals surface area contributed by atoms with E-state index in [1.807, 2.05) is 66.7 Å². The molecule has 7 nitrogen and oxygen atoms in total. The molecule has 1 fully saturated rings. The van der Waals surface area contributed by atoms with E-state index in [-0.39, 0.29) is 11.9 Å². The zero-order valence-electron chi connectivity index (χ0n) is 19.3. The van der Waals surface area contributed by atoms with Crippen molar-refractivity contribution in [1.29, 1.82) is 0 Å². The fourth-order valence-electron chi connectivity index (χ4n) is 4.43. The van der Waals surface area contributed by atoms with Crippen molar-refractivity contribution in [1.82, 2.24) is 10.3 Å². The molecule has 0 saturated carbocycles. The van der Waals surface area contributed by atoms with Crippen molar-refractivity contribution in [2.45, 2.75) is 19.4 Å². The Bertz CT molecular complexity index is 1340. The van der Waals surface area contributed by atoms with Crippen LogP contribution in [0.5, 0.6) is 0 Å². The Balaban J connectivity index is 1.35. The van der Waals surface area contributed by atoms with E-state index in [0.717, 1.165) is 53.6 Å². The molecule has 0 spiro atoms. The maximum absolute atomic E-state index is 13.2. The number of hydrogen-bond donors (Lipinski definition) is 3. The van der Waals surface area contributed by atoms with Gasteiger partial charge in [0.15, 0.2) is 0 Å². The number of rotatable bonds is 6. The minimum atomic E-state index is -0.364. The molecule has 1 aliphatic rings. The number of aromatic nitrogens is 1. The van der Waals surface area contributed by atoms with Crippen LogP contribution in [0.1, 0.15) is 28.8 Å². The number of nitrogens with one attached hydrogen (secondary N) is 3. The van der Waals surface area contributed by atoms with Gasteiger partial charge in [0.1, 0.15) is 0 Å². The number of hydrogen-bond acceptors (Lipinski definition) is 4. The Morgan fingerprint density at radius 1 is 0.886 bits per heavy atom. The van der Waals surface area contributed by atoms with Crippen molar-refractivity contribution >= 4 is 39.8 Å². The van der Waals surface area contributed by atoms with Gasteiger partial charge in [0.2, 0.25) is 0 Å². The molecule has 4 aromatic rings. The average molecular weight is 466 g/mol. The fourth-order valence-corrected chi connectivity index (χ4v) is 4.43. The summed E-state index contributed by atoms with van der Waals surface area (Å²) >= 11 is 0. The van der Waals surface area contributed by atoms with Crippen molar-refractivity contribution in [3.05, 3.63) is 96.3 Å². The standard InChI is InChI=1S/C28H27N5O2/c34-27(30-19-20-7-6-14-29-18-20)24-17-22(12-13-26(24)33-15-3-4-16-33)31-28(35)32-25-11-5-9-21-8-1-2-10-23(21)25/h1-2,5-14,17-18H,3-4,15-16,19H2,(H,30,34)(H2,31,32,35). The van der Waals surface area contributed by atoms with Crippen molar-refractivity contribution in [3.63, 3.8) is 0 Å². The summed E-state index contributed by atoms with van der Waals surface area (Å²) in [5.74, 6) is -0.186. The smallest absolute Gasteiger partial charge is 0.323 e. The monoisotopic (exact) mass is 465 g/mol. The summed E-state index contributed by atoms with van der Waals surface area (Å²) in [5.41, 5.74) is 3.62. The van der Waals surface area contributed by atoms with Crippen LogP contribution in [-0.2, 0) is 6.54 Å². The van der Waals surface area contributed by atoms with Crippen LogP contribution in [0.4, 0.5) is 21.9 Å². The van der Waals surface area contributed by atoms with Gasteiger partial charge < -0.3 is 20.9 Å². The van der Waals surface area contributed by atoms with Crippen LogP contribution in [0.15, 0.2) is 85.2 Å². The van der Waals surface area contributed by atoms with Crippen LogP contribution in [0.3, 0.4) is 0 Å². The number of anilines is 3. The van der Waals surface area contributed by atoms with Crippen molar-refractivity contribution in [2.24, 2.45) is 0 Å². The summed E-state index contributed by atoms with van der Waals surface area (Å²) in [5, 5.41) is 10.8. The first-order valence-corrected chi connectivity index (χ1v) is 11.8. The first-order chi connectivity index (χ1) is 17.2. The van der Waals surface area contributed by atoms with Gasteiger partial charge in [-0.25, -0.2) is 4.79 Å². The van der Waals surface area contributed by atoms with E-state index >= 15 is 0 Å². The van der Waals surface area contributed by atoms with Crippen molar-refractivity contribution < 1.29 is 9.59 Å². The molecule has 0 bridgehead atoms. The minimum absolute atomic E-state index is 0.186. The number of carbonyl (C=O) groups excluding carboxylic acids is 2. The van der Waals surface area contributed by atoms with Crippen LogP contribution in [0, 0.1) is 0 Å². The Morgan fingerprint density at radius 2 is 1.71 bits per heavy atom. The molecule has 1 aliphatic heterocycles. The van der Waals surface area contributed by atoms with E-state index in [0.29, 0.717) is 17.8 Å². The summed E-state index contributed by atoms with van der Waals surface area (Å²) in [6, 6.07) is 22.6. The van der Waals surface area contributed by atoms with E-state index in [4.69, 9.17) is 0 Å². The lowest BCUT2D eigenvalue weighted by atomic mass is 10.1. The van der Waals surface area contributed by atoms with Gasteiger partial charge in [-0.05, 0) is 54.1 Å². The Kier molecular flexibility index (Phi) is 6.57. The highest BCUT2D eigenvalue weighted by molar-refractivity contribution is 6.07. The molecular formula is C28H27N5O2. The number of fused-ring (bicyclic) bond motifs is 1. The summed E-state index contributed by atoms with van der Waals surface area (Å²) in [6.45, 7) is 2.21. The van der Waals surface area contributed by atoms with E-state index in [1.165, 1.54) is 0 Å². The molecule has 2 heterocycles. The van der Waals surface area contributed by atoms with E-state index in [2.05, 4.69) is 25.8 Å². The fraction of sp³-hybridized carbons (Fsp3) is 0.179. The second kappa shape index (κ2) is 10.3. The molecule has 1 saturated heterocycles. The number of amides is 3. The van der Waals surface area contributed by atoms with Gasteiger partial charge in [0.25, 0.3) is 5.91 Å². The summed E-state index contributed by atoms with van der Waals surface area (Å²) in [6.07, 6.45) is 5.64.